The van der Waals surface area contributed by atoms with E-state index >= 15 is 0 Å². The lowest BCUT2D eigenvalue weighted by Gasteiger charge is -2.33. The number of amides is 1. The average Bonchev–Trinajstić information content (AvgIpc) is 3.08. The van der Waals surface area contributed by atoms with Gasteiger partial charge in [0, 0.05) is 18.5 Å². The third-order valence-corrected chi connectivity index (χ3v) is 3.90. The van der Waals surface area contributed by atoms with Crippen molar-refractivity contribution in [3.05, 3.63) is 34.9 Å². The Kier molecular flexibility index (Phi) is 2.14. The van der Waals surface area contributed by atoms with E-state index in [9.17, 15) is 9.59 Å². The van der Waals surface area contributed by atoms with Gasteiger partial charge >= 0.3 is 12.1 Å². The first kappa shape index (κ1) is 11.1. The molecular weight excluding hydrogens is 234 g/mol. The summed E-state index contributed by atoms with van der Waals surface area (Å²) < 4.78 is 0. The molecule has 1 aromatic carbocycles. The first-order valence-corrected chi connectivity index (χ1v) is 5.86. The van der Waals surface area contributed by atoms with Gasteiger partial charge in [-0.15, -0.1) is 0 Å². The molecule has 1 fully saturated rings. The zero-order valence-electron chi connectivity index (χ0n) is 9.72. The number of aromatic carboxylic acids is 1. The van der Waals surface area contributed by atoms with Crippen LogP contribution >= 0.6 is 0 Å². The number of carbonyl (C=O) groups is 2. The molecule has 0 bridgehead atoms. The highest BCUT2D eigenvalue weighted by molar-refractivity contribution is 5.88. The number of fused-ring (bicyclic) bond motifs is 2. The molecule has 0 unspecified atom stereocenters. The molecule has 0 atom stereocenters. The fraction of sp³-hybridized carbons (Fsp3) is 0.385. The van der Waals surface area contributed by atoms with Gasteiger partial charge < -0.3 is 15.1 Å². The third kappa shape index (κ3) is 1.54. The molecule has 1 amide bonds. The van der Waals surface area contributed by atoms with Gasteiger partial charge in [-0.05, 0) is 36.1 Å². The smallest absolute Gasteiger partial charge is 0.407 e. The van der Waals surface area contributed by atoms with Crippen LogP contribution in [-0.4, -0.2) is 33.7 Å². The fourth-order valence-corrected chi connectivity index (χ4v) is 2.80. The minimum absolute atomic E-state index is 0.0526. The molecule has 1 aliphatic heterocycles. The van der Waals surface area contributed by atoms with Gasteiger partial charge in [0.25, 0.3) is 0 Å². The summed E-state index contributed by atoms with van der Waals surface area (Å²) in [6.45, 7) is 0.815. The molecule has 0 aromatic heterocycles. The predicted octanol–water partition coefficient (Wildman–Crippen LogP) is 1.91. The molecule has 1 saturated carbocycles. The minimum Gasteiger partial charge on any atom is -0.478 e. The van der Waals surface area contributed by atoms with Gasteiger partial charge in [-0.3, -0.25) is 0 Å². The van der Waals surface area contributed by atoms with Gasteiger partial charge in [0.2, 0.25) is 0 Å². The van der Waals surface area contributed by atoms with Gasteiger partial charge in [0.1, 0.15) is 0 Å². The van der Waals surface area contributed by atoms with Crippen molar-refractivity contribution in [2.45, 2.75) is 24.8 Å². The van der Waals surface area contributed by atoms with Gasteiger partial charge in [-0.2, -0.15) is 0 Å². The molecule has 2 N–H and O–H groups in total. The number of carboxylic acids is 1. The van der Waals surface area contributed by atoms with Crippen LogP contribution < -0.4 is 0 Å². The summed E-state index contributed by atoms with van der Waals surface area (Å²) in [5.41, 5.74) is 2.13. The van der Waals surface area contributed by atoms with Crippen LogP contribution in [0.5, 0.6) is 0 Å². The monoisotopic (exact) mass is 247 g/mol. The molecular formula is C13H13NO4. The number of benzene rings is 1. The summed E-state index contributed by atoms with van der Waals surface area (Å²) in [5.74, 6) is -0.977. The van der Waals surface area contributed by atoms with Gasteiger partial charge in [0.05, 0.1) is 5.56 Å². The SMILES string of the molecule is O=C(O)c1ccc2c(c1)CN(C(=O)O)CC21CC1. The van der Waals surface area contributed by atoms with Crippen LogP contribution in [0, 0.1) is 0 Å². The van der Waals surface area contributed by atoms with Crippen molar-refractivity contribution in [3.63, 3.8) is 0 Å². The van der Waals surface area contributed by atoms with Crippen LogP contribution in [-0.2, 0) is 12.0 Å². The zero-order valence-corrected chi connectivity index (χ0v) is 9.72. The molecule has 1 aliphatic carbocycles. The highest BCUT2D eigenvalue weighted by Crippen LogP contribution is 2.52. The Bertz CT molecular complexity index is 548. The maximum absolute atomic E-state index is 11.1. The van der Waals surface area contributed by atoms with Crippen molar-refractivity contribution < 1.29 is 19.8 Å². The summed E-state index contributed by atoms with van der Waals surface area (Å²) >= 11 is 0. The topological polar surface area (TPSA) is 77.8 Å². The van der Waals surface area contributed by atoms with Gasteiger partial charge in [0.15, 0.2) is 0 Å². The highest BCUT2D eigenvalue weighted by Gasteiger charge is 2.50. The molecule has 0 radical (unpaired) electrons. The molecule has 94 valence electrons. The molecule has 1 aromatic rings. The van der Waals surface area contributed by atoms with Gasteiger partial charge in [-0.25, -0.2) is 9.59 Å². The van der Waals surface area contributed by atoms with E-state index in [2.05, 4.69) is 0 Å². The van der Waals surface area contributed by atoms with Gasteiger partial charge in [-0.1, -0.05) is 6.07 Å². The van der Waals surface area contributed by atoms with E-state index in [-0.39, 0.29) is 17.5 Å². The Hall–Kier alpha value is -2.04. The lowest BCUT2D eigenvalue weighted by molar-refractivity contribution is 0.0696. The van der Waals surface area contributed by atoms with E-state index < -0.39 is 12.1 Å². The maximum atomic E-state index is 11.1. The molecule has 18 heavy (non-hydrogen) atoms. The van der Waals surface area contributed by atoms with Crippen molar-refractivity contribution in [2.24, 2.45) is 0 Å². The zero-order chi connectivity index (χ0) is 12.9. The molecule has 0 saturated heterocycles. The first-order chi connectivity index (χ1) is 8.52. The molecule has 5 nitrogen and oxygen atoms in total. The summed E-state index contributed by atoms with van der Waals surface area (Å²) in [4.78, 5) is 23.4. The number of nitrogens with zero attached hydrogens (tertiary/aromatic N) is 1. The highest BCUT2D eigenvalue weighted by atomic mass is 16.4. The normalized spacial score (nSPS) is 19.4. The molecule has 2 aliphatic rings. The van der Waals surface area contributed by atoms with Crippen molar-refractivity contribution >= 4 is 12.1 Å². The van der Waals surface area contributed by atoms with E-state index in [0.29, 0.717) is 6.54 Å². The van der Waals surface area contributed by atoms with Crippen LogP contribution in [0.3, 0.4) is 0 Å². The molecule has 5 heteroatoms. The Labute approximate surface area is 104 Å². The summed E-state index contributed by atoms with van der Waals surface area (Å²) in [6, 6.07) is 5.06. The van der Waals surface area contributed by atoms with Crippen LogP contribution in [0.4, 0.5) is 4.79 Å². The summed E-state index contributed by atoms with van der Waals surface area (Å²) in [7, 11) is 0. The first-order valence-electron chi connectivity index (χ1n) is 5.86. The average molecular weight is 247 g/mol. The fourth-order valence-electron chi connectivity index (χ4n) is 2.80. The van der Waals surface area contributed by atoms with E-state index in [0.717, 1.165) is 24.0 Å². The second-order valence-corrected chi connectivity index (χ2v) is 5.10. The van der Waals surface area contributed by atoms with Crippen LogP contribution in [0.15, 0.2) is 18.2 Å². The quantitative estimate of drug-likeness (QED) is 0.794. The number of rotatable bonds is 1. The number of hydrogen-bond donors (Lipinski definition) is 2. The minimum atomic E-state index is -0.977. The Morgan fingerprint density at radius 2 is 1.94 bits per heavy atom. The van der Waals surface area contributed by atoms with Crippen molar-refractivity contribution in [1.82, 2.24) is 4.90 Å². The van der Waals surface area contributed by atoms with Crippen molar-refractivity contribution in [3.8, 4) is 0 Å². The largest absolute Gasteiger partial charge is 0.478 e. The number of carboxylic acid groups (broad SMARTS) is 2. The second kappa shape index (κ2) is 3.48. The van der Waals surface area contributed by atoms with Crippen molar-refractivity contribution in [2.75, 3.05) is 6.54 Å². The Balaban J connectivity index is 2.05. The van der Waals surface area contributed by atoms with Crippen LogP contribution in [0.2, 0.25) is 0 Å². The lowest BCUT2D eigenvalue weighted by atomic mass is 9.86. The number of hydrogen-bond acceptors (Lipinski definition) is 2. The van der Waals surface area contributed by atoms with E-state index in [1.54, 1.807) is 12.1 Å². The second-order valence-electron chi connectivity index (χ2n) is 5.10. The summed E-state index contributed by atoms with van der Waals surface area (Å²) in [5, 5.41) is 18.1. The molecule has 3 rings (SSSR count). The molecule has 1 spiro atoms. The maximum Gasteiger partial charge on any atom is 0.407 e. The molecule has 1 heterocycles. The summed E-state index contributed by atoms with van der Waals surface area (Å²) in [6.07, 6.45) is 1.03. The van der Waals surface area contributed by atoms with E-state index in [1.165, 1.54) is 4.90 Å². The predicted molar refractivity (Wildman–Crippen MR) is 62.7 cm³/mol. The van der Waals surface area contributed by atoms with Crippen LogP contribution in [0.1, 0.15) is 34.3 Å². The van der Waals surface area contributed by atoms with E-state index in [1.807, 2.05) is 6.07 Å². The Morgan fingerprint density at radius 1 is 1.22 bits per heavy atom. The van der Waals surface area contributed by atoms with E-state index in [4.69, 9.17) is 10.2 Å². The third-order valence-electron chi connectivity index (χ3n) is 3.90. The van der Waals surface area contributed by atoms with Crippen LogP contribution in [0.25, 0.3) is 0 Å². The van der Waals surface area contributed by atoms with Crippen molar-refractivity contribution in [1.29, 1.82) is 0 Å². The standard InChI is InChI=1S/C13H13NO4/c15-11(16)8-1-2-10-9(5-8)6-14(12(17)18)7-13(10)3-4-13/h1-2,5H,3-4,6-7H2,(H,15,16)(H,17,18). The Morgan fingerprint density at radius 3 is 2.50 bits per heavy atom. The lowest BCUT2D eigenvalue weighted by Crippen LogP contribution is -2.41.